The number of anilines is 2. The van der Waals surface area contributed by atoms with Gasteiger partial charge in [0.25, 0.3) is 0 Å². The van der Waals surface area contributed by atoms with Gasteiger partial charge in [0, 0.05) is 125 Å². The number of piperazine rings is 2. The van der Waals surface area contributed by atoms with Crippen molar-refractivity contribution in [2.24, 2.45) is 0 Å². The fourth-order valence-corrected chi connectivity index (χ4v) is 9.13. The van der Waals surface area contributed by atoms with Gasteiger partial charge in [0.2, 0.25) is 10.9 Å². The normalized spacial score (nSPS) is 13.9. The molecule has 16 nitrogen and oxygen atoms in total. The monoisotopic (exact) mass is 1030 g/mol. The lowest BCUT2D eigenvalue weighted by Gasteiger charge is -2.36. The third-order valence-electron chi connectivity index (χ3n) is 12.6. The van der Waals surface area contributed by atoms with Crippen LogP contribution >= 0.6 is 15.9 Å². The van der Waals surface area contributed by atoms with Gasteiger partial charge < -0.3 is 34.5 Å². The summed E-state index contributed by atoms with van der Waals surface area (Å²) in [6, 6.07) is 26.1. The van der Waals surface area contributed by atoms with Gasteiger partial charge in [-0.05, 0) is 85.6 Å². The molecular weight excluding hydrogens is 979 g/mol. The minimum Gasteiger partial charge on any atom is -0.477 e. The molecule has 4 aromatic carbocycles. The lowest BCUT2D eigenvalue weighted by Crippen LogP contribution is -2.46. The lowest BCUT2D eigenvalue weighted by molar-refractivity contribution is 0.0684. The van der Waals surface area contributed by atoms with E-state index in [1.807, 2.05) is 69.7 Å². The van der Waals surface area contributed by atoms with Gasteiger partial charge in [-0.3, -0.25) is 14.5 Å². The smallest absolute Gasteiger partial charge is 0.341 e. The Hall–Kier alpha value is -7.48. The minimum absolute atomic E-state index is 0.0881. The van der Waals surface area contributed by atoms with E-state index in [9.17, 15) is 28.7 Å². The molecule has 0 atom stereocenters. The average Bonchev–Trinajstić information content (AvgIpc) is 4.15. The molecular formula is C52H53BrF2N10O6. The number of fused-ring (bicyclic) bond motifs is 2. The number of halogens is 3. The fourth-order valence-electron chi connectivity index (χ4n) is 8.76. The van der Waals surface area contributed by atoms with E-state index in [0.717, 1.165) is 55.5 Å². The predicted octanol–water partition coefficient (Wildman–Crippen LogP) is 7.40. The molecule has 0 radical (unpaired) electrons. The van der Waals surface area contributed by atoms with Crippen molar-refractivity contribution in [1.29, 1.82) is 0 Å². The quantitative estimate of drug-likeness (QED) is 0.110. The van der Waals surface area contributed by atoms with Crippen LogP contribution in [0.15, 0.2) is 132 Å². The predicted molar refractivity (Wildman–Crippen MR) is 274 cm³/mol. The van der Waals surface area contributed by atoms with Crippen LogP contribution in [0, 0.1) is 11.6 Å². The van der Waals surface area contributed by atoms with Crippen molar-refractivity contribution in [1.82, 2.24) is 38.9 Å². The molecule has 2 saturated heterocycles. The van der Waals surface area contributed by atoms with Gasteiger partial charge >= 0.3 is 11.9 Å². The van der Waals surface area contributed by atoms with Gasteiger partial charge in [-0.25, -0.2) is 27.7 Å². The number of aromatic nitrogens is 6. The van der Waals surface area contributed by atoms with Crippen LogP contribution in [-0.4, -0.2) is 108 Å². The SMILES string of the molecule is BrCc1ccc(-n2cccn2)cc1.CCn1cc(C(=O)O)c(=O)c2cc(F)c(N3CCN(Cc4ccc(-n5cccn5)cc4)CC3)cc21.CCn1cc(C(=O)O)c(=O)c2cc(F)c(N3CCNCC3)cc21. The Kier molecular flexibility index (Phi) is 15.8. The molecule has 3 N–H and O–H groups in total. The zero-order chi connectivity index (χ0) is 50.2. The molecule has 0 amide bonds. The molecule has 0 bridgehead atoms. The molecule has 0 spiro atoms. The summed E-state index contributed by atoms with van der Waals surface area (Å²) in [5.74, 6) is -3.62. The second-order valence-electron chi connectivity index (χ2n) is 16.9. The van der Waals surface area contributed by atoms with Crippen molar-refractivity contribution in [2.75, 3.05) is 62.2 Å². The maximum atomic E-state index is 15.1. The Bertz CT molecular complexity index is 3260. The highest BCUT2D eigenvalue weighted by molar-refractivity contribution is 9.08. The number of hydrogen-bond acceptors (Lipinski definition) is 10. The van der Waals surface area contributed by atoms with Gasteiger partial charge in [0.05, 0.1) is 33.8 Å². The number of alkyl halides is 1. The second kappa shape index (κ2) is 22.5. The van der Waals surface area contributed by atoms with Gasteiger partial charge in [-0.2, -0.15) is 10.2 Å². The lowest BCUT2D eigenvalue weighted by atomic mass is 10.1. The summed E-state index contributed by atoms with van der Waals surface area (Å²) in [6.45, 7) is 11.2. The van der Waals surface area contributed by atoms with E-state index in [1.54, 1.807) is 33.7 Å². The van der Waals surface area contributed by atoms with E-state index < -0.39 is 34.4 Å². The summed E-state index contributed by atoms with van der Waals surface area (Å²) >= 11 is 3.41. The van der Waals surface area contributed by atoms with E-state index >= 15 is 4.39 Å². The number of carboxylic acid groups (broad SMARTS) is 2. The zero-order valence-corrected chi connectivity index (χ0v) is 40.8. The van der Waals surface area contributed by atoms with E-state index in [1.165, 1.54) is 29.6 Å². The summed E-state index contributed by atoms with van der Waals surface area (Å²) < 4.78 is 36.6. The van der Waals surface area contributed by atoms with Crippen LogP contribution in [0.1, 0.15) is 45.7 Å². The molecule has 0 unspecified atom stereocenters. The van der Waals surface area contributed by atoms with E-state index in [0.29, 0.717) is 61.7 Å². The van der Waals surface area contributed by atoms with Gasteiger partial charge in [-0.15, -0.1) is 0 Å². The Morgan fingerprint density at radius 1 is 0.634 bits per heavy atom. The van der Waals surface area contributed by atoms with Crippen molar-refractivity contribution >= 4 is 61.0 Å². The summed E-state index contributed by atoms with van der Waals surface area (Å²) in [6.07, 6.45) is 10.0. The van der Waals surface area contributed by atoms with Crippen LogP contribution in [0.3, 0.4) is 0 Å². The van der Waals surface area contributed by atoms with Gasteiger partial charge in [-0.1, -0.05) is 40.2 Å². The first-order valence-corrected chi connectivity index (χ1v) is 24.4. The first-order chi connectivity index (χ1) is 34.4. The number of nitrogens with one attached hydrogen (secondary N) is 1. The van der Waals surface area contributed by atoms with Crippen LogP contribution < -0.4 is 26.0 Å². The first kappa shape index (κ1) is 49.9. The second-order valence-corrected chi connectivity index (χ2v) is 17.5. The standard InChI is InChI=1S/C26H26FN5O3.C16H18FN3O3.C10H9BrN2/c1-2-30-17-21(26(34)35)25(33)20-14-22(27)24(15-23(20)30)31-12-10-29(11-13-31)16-18-4-6-19(7-5-18)32-9-3-8-28-32;1-2-19-9-11(16(22)23)15(21)10-7-12(17)14(8-13(10)19)20-5-3-18-4-6-20;11-8-9-2-4-10(5-3-9)13-7-1-6-12-13/h3-9,14-15,17H,2,10-13,16H2,1H3,(H,34,35);7-9,18H,2-6H2,1H3,(H,22,23);1-7H,8H2. The van der Waals surface area contributed by atoms with E-state index in [4.69, 9.17) is 5.11 Å². The number of pyridine rings is 2. The third-order valence-corrected chi connectivity index (χ3v) is 13.2. The third kappa shape index (κ3) is 11.3. The van der Waals surface area contributed by atoms with Crippen LogP contribution in [0.5, 0.6) is 0 Å². The average molecular weight is 1030 g/mol. The number of carboxylic acids is 2. The van der Waals surface area contributed by atoms with Crippen LogP contribution in [0.2, 0.25) is 0 Å². The largest absolute Gasteiger partial charge is 0.477 e. The minimum atomic E-state index is -1.31. The van der Waals surface area contributed by atoms with Crippen molar-refractivity contribution in [3.05, 3.63) is 176 Å². The molecule has 2 fully saturated rings. The molecule has 8 aromatic rings. The van der Waals surface area contributed by atoms with Crippen molar-refractivity contribution in [3.8, 4) is 11.4 Å². The number of carbonyl (C=O) groups is 2. The highest BCUT2D eigenvalue weighted by Gasteiger charge is 2.24. The summed E-state index contributed by atoms with van der Waals surface area (Å²) in [4.78, 5) is 53.8. The maximum Gasteiger partial charge on any atom is 0.341 e. The molecule has 2 aliphatic rings. The molecule has 2 aliphatic heterocycles. The summed E-state index contributed by atoms with van der Waals surface area (Å²) in [5.41, 5.74) is 4.56. The highest BCUT2D eigenvalue weighted by atomic mass is 79.9. The Morgan fingerprint density at radius 3 is 1.46 bits per heavy atom. The number of benzene rings is 4. The van der Waals surface area contributed by atoms with Gasteiger partial charge in [0.15, 0.2) is 0 Å². The number of aryl methyl sites for hydroxylation is 2. The summed E-state index contributed by atoms with van der Waals surface area (Å²) in [7, 11) is 0. The number of nitrogens with zero attached hydrogens (tertiary/aromatic N) is 9. The molecule has 368 valence electrons. The van der Waals surface area contributed by atoms with E-state index in [-0.39, 0.29) is 21.9 Å². The van der Waals surface area contributed by atoms with Crippen LogP contribution in [-0.2, 0) is 25.0 Å². The Morgan fingerprint density at radius 2 is 1.07 bits per heavy atom. The molecule has 6 heterocycles. The molecule has 10 rings (SSSR count). The van der Waals surface area contributed by atoms with Crippen molar-refractivity contribution in [2.45, 2.75) is 38.8 Å². The molecule has 71 heavy (non-hydrogen) atoms. The van der Waals surface area contributed by atoms with E-state index in [2.05, 4.69) is 72.7 Å². The number of rotatable bonds is 11. The number of hydrogen-bond donors (Lipinski definition) is 3. The molecule has 4 aromatic heterocycles. The zero-order valence-electron chi connectivity index (χ0n) is 39.2. The van der Waals surface area contributed by atoms with Crippen molar-refractivity contribution < 1.29 is 28.6 Å². The molecule has 0 saturated carbocycles. The Labute approximate surface area is 415 Å². The van der Waals surface area contributed by atoms with Gasteiger partial charge in [0.1, 0.15) is 22.8 Å². The Balaban J connectivity index is 0.000000160. The summed E-state index contributed by atoms with van der Waals surface area (Å²) in [5, 5.41) is 31.2. The number of aromatic carboxylic acids is 2. The molecule has 19 heteroatoms. The van der Waals surface area contributed by atoms with Crippen LogP contribution in [0.4, 0.5) is 20.2 Å². The first-order valence-electron chi connectivity index (χ1n) is 23.2. The fraction of sp³-hybridized carbons (Fsp3) is 0.269. The van der Waals surface area contributed by atoms with Crippen LogP contribution in [0.25, 0.3) is 33.2 Å². The van der Waals surface area contributed by atoms with Crippen molar-refractivity contribution in [3.63, 3.8) is 0 Å². The topological polar surface area (TPSA) is 176 Å². The highest BCUT2D eigenvalue weighted by Crippen LogP contribution is 2.28. The maximum absolute atomic E-state index is 15.1. The molecule has 0 aliphatic carbocycles.